The second-order valence-corrected chi connectivity index (χ2v) is 5.32. The molecule has 0 aromatic heterocycles. The topological polar surface area (TPSA) is 70.6 Å². The molecule has 0 bridgehead atoms. The van der Waals surface area contributed by atoms with Gasteiger partial charge in [0.25, 0.3) is 0 Å². The van der Waals surface area contributed by atoms with E-state index in [0.29, 0.717) is 6.54 Å². The molecule has 0 unspecified atom stereocenters. The fourth-order valence-electron chi connectivity index (χ4n) is 2.46. The zero-order valence-electron chi connectivity index (χ0n) is 12.1. The molecule has 2 amide bonds. The van der Waals surface area contributed by atoms with Crippen LogP contribution >= 0.6 is 0 Å². The van der Waals surface area contributed by atoms with Gasteiger partial charge < -0.3 is 20.5 Å². The quantitative estimate of drug-likeness (QED) is 0.701. The molecule has 122 valence electrons. The second kappa shape index (κ2) is 7.93. The zero-order valence-corrected chi connectivity index (χ0v) is 12.1. The van der Waals surface area contributed by atoms with Gasteiger partial charge in [-0.05, 0) is 25.0 Å². The molecule has 1 saturated carbocycles. The van der Waals surface area contributed by atoms with Crippen LogP contribution in [0.3, 0.4) is 0 Å². The Bertz CT molecular complexity index is 514. The summed E-state index contributed by atoms with van der Waals surface area (Å²) >= 11 is 0. The van der Waals surface area contributed by atoms with Crippen molar-refractivity contribution >= 4 is 6.03 Å². The van der Waals surface area contributed by atoms with Gasteiger partial charge in [-0.1, -0.05) is 6.42 Å². The Balaban J connectivity index is 1.60. The van der Waals surface area contributed by atoms with Crippen LogP contribution < -0.4 is 15.4 Å². The van der Waals surface area contributed by atoms with Gasteiger partial charge in [-0.15, -0.1) is 0 Å². The largest absolute Gasteiger partial charge is 0.489 e. The number of halogens is 2. The Kier molecular flexibility index (Phi) is 5.94. The van der Waals surface area contributed by atoms with Crippen LogP contribution in [-0.4, -0.2) is 36.9 Å². The van der Waals surface area contributed by atoms with Gasteiger partial charge >= 0.3 is 6.03 Å². The summed E-state index contributed by atoms with van der Waals surface area (Å²) in [6.45, 7) is 0.693. The maximum atomic E-state index is 13.3. The number of carbonyl (C=O) groups excluding carboxylic acids is 1. The lowest BCUT2D eigenvalue weighted by molar-refractivity contribution is 0.132. The number of benzene rings is 1. The van der Waals surface area contributed by atoms with Crippen LogP contribution in [-0.2, 0) is 0 Å². The minimum absolute atomic E-state index is 0.0577. The van der Waals surface area contributed by atoms with Crippen molar-refractivity contribution in [3.8, 4) is 5.75 Å². The molecule has 2 atom stereocenters. The number of hydrogen-bond donors (Lipinski definition) is 3. The van der Waals surface area contributed by atoms with Crippen LogP contribution in [0, 0.1) is 17.6 Å². The number of aliphatic hydroxyl groups is 1. The van der Waals surface area contributed by atoms with Crippen molar-refractivity contribution in [1.29, 1.82) is 0 Å². The maximum Gasteiger partial charge on any atom is 0.314 e. The first kappa shape index (κ1) is 16.5. The normalized spacial score (nSPS) is 20.7. The summed E-state index contributed by atoms with van der Waals surface area (Å²) in [5.41, 5.74) is 0. The van der Waals surface area contributed by atoms with Crippen molar-refractivity contribution in [1.82, 2.24) is 10.6 Å². The fraction of sp³-hybridized carbons (Fsp3) is 0.533. The van der Waals surface area contributed by atoms with Crippen molar-refractivity contribution in [3.63, 3.8) is 0 Å². The molecule has 1 aliphatic rings. The van der Waals surface area contributed by atoms with E-state index in [4.69, 9.17) is 4.74 Å². The Labute approximate surface area is 127 Å². The number of rotatable bonds is 6. The minimum Gasteiger partial charge on any atom is -0.489 e. The van der Waals surface area contributed by atoms with Crippen molar-refractivity contribution in [2.45, 2.75) is 25.4 Å². The Morgan fingerprint density at radius 1 is 1.32 bits per heavy atom. The highest BCUT2D eigenvalue weighted by atomic mass is 19.1. The van der Waals surface area contributed by atoms with Crippen LogP contribution in [0.2, 0.25) is 0 Å². The number of ether oxygens (including phenoxy) is 1. The zero-order chi connectivity index (χ0) is 15.9. The molecule has 0 spiro atoms. The van der Waals surface area contributed by atoms with E-state index < -0.39 is 11.6 Å². The highest BCUT2D eigenvalue weighted by molar-refractivity contribution is 5.73. The van der Waals surface area contributed by atoms with Crippen LogP contribution in [0.4, 0.5) is 13.6 Å². The molecule has 0 heterocycles. The van der Waals surface area contributed by atoms with E-state index in [2.05, 4.69) is 10.6 Å². The third-order valence-electron chi connectivity index (χ3n) is 3.68. The Morgan fingerprint density at radius 2 is 2.14 bits per heavy atom. The molecule has 1 aromatic rings. The summed E-state index contributed by atoms with van der Waals surface area (Å²) in [5.74, 6) is -1.40. The van der Waals surface area contributed by atoms with Gasteiger partial charge in [0.05, 0.1) is 12.6 Å². The highest BCUT2D eigenvalue weighted by Gasteiger charge is 2.25. The average molecular weight is 314 g/mol. The van der Waals surface area contributed by atoms with E-state index in [9.17, 15) is 18.7 Å². The number of urea groups is 1. The molecule has 0 aliphatic heterocycles. The number of amides is 2. The Hall–Kier alpha value is -1.89. The van der Waals surface area contributed by atoms with Gasteiger partial charge in [0, 0.05) is 18.5 Å². The Morgan fingerprint density at radius 3 is 2.82 bits per heavy atom. The third-order valence-corrected chi connectivity index (χ3v) is 3.68. The molecule has 5 nitrogen and oxygen atoms in total. The average Bonchev–Trinajstić information content (AvgIpc) is 2.88. The number of carbonyl (C=O) groups is 1. The monoisotopic (exact) mass is 314 g/mol. The van der Waals surface area contributed by atoms with E-state index in [1.165, 1.54) is 6.07 Å². The maximum absolute atomic E-state index is 13.3. The van der Waals surface area contributed by atoms with Crippen LogP contribution in [0.1, 0.15) is 19.3 Å². The van der Waals surface area contributed by atoms with Gasteiger partial charge in [0.2, 0.25) is 0 Å². The molecular weight excluding hydrogens is 294 g/mol. The molecule has 2 rings (SSSR count). The first-order valence-electron chi connectivity index (χ1n) is 7.34. The number of aliphatic hydroxyl groups excluding tert-OH is 1. The summed E-state index contributed by atoms with van der Waals surface area (Å²) in [7, 11) is 0. The van der Waals surface area contributed by atoms with E-state index in [-0.39, 0.29) is 37.0 Å². The van der Waals surface area contributed by atoms with Crippen molar-refractivity contribution in [3.05, 3.63) is 29.8 Å². The highest BCUT2D eigenvalue weighted by Crippen LogP contribution is 2.24. The van der Waals surface area contributed by atoms with Gasteiger partial charge in [-0.2, -0.15) is 0 Å². The van der Waals surface area contributed by atoms with Crippen LogP contribution in [0.15, 0.2) is 18.2 Å². The predicted octanol–water partition coefficient (Wildman–Crippen LogP) is 1.80. The van der Waals surface area contributed by atoms with Crippen molar-refractivity contribution in [2.24, 2.45) is 5.92 Å². The summed E-state index contributed by atoms with van der Waals surface area (Å²) in [6, 6.07) is 2.68. The molecule has 1 aromatic carbocycles. The predicted molar refractivity (Wildman–Crippen MR) is 76.6 cm³/mol. The lowest BCUT2D eigenvalue weighted by Gasteiger charge is -2.15. The second-order valence-electron chi connectivity index (χ2n) is 5.32. The van der Waals surface area contributed by atoms with E-state index in [0.717, 1.165) is 31.4 Å². The van der Waals surface area contributed by atoms with Crippen molar-refractivity contribution < 1.29 is 23.4 Å². The van der Waals surface area contributed by atoms with E-state index >= 15 is 0 Å². The molecule has 1 fully saturated rings. The molecule has 7 heteroatoms. The molecule has 22 heavy (non-hydrogen) atoms. The van der Waals surface area contributed by atoms with Crippen LogP contribution in [0.25, 0.3) is 0 Å². The third kappa shape index (κ3) is 4.84. The molecule has 0 radical (unpaired) electrons. The van der Waals surface area contributed by atoms with Crippen LogP contribution in [0.5, 0.6) is 5.75 Å². The number of hydrogen-bond acceptors (Lipinski definition) is 3. The summed E-state index contributed by atoms with van der Waals surface area (Å²) in [4.78, 5) is 11.5. The lowest BCUT2D eigenvalue weighted by atomic mass is 10.1. The first-order chi connectivity index (χ1) is 10.6. The van der Waals surface area contributed by atoms with Crippen molar-refractivity contribution in [2.75, 3.05) is 19.7 Å². The smallest absolute Gasteiger partial charge is 0.314 e. The van der Waals surface area contributed by atoms with E-state index in [1.807, 2.05) is 0 Å². The summed E-state index contributed by atoms with van der Waals surface area (Å²) in [6.07, 6.45) is 2.33. The minimum atomic E-state index is -0.778. The molecular formula is C15H20F2N2O3. The summed E-state index contributed by atoms with van der Waals surface area (Å²) in [5, 5.41) is 14.9. The molecule has 1 aliphatic carbocycles. The van der Waals surface area contributed by atoms with E-state index in [1.54, 1.807) is 0 Å². The van der Waals surface area contributed by atoms with Gasteiger partial charge in [-0.25, -0.2) is 13.6 Å². The molecule has 0 saturated heterocycles. The first-order valence-corrected chi connectivity index (χ1v) is 7.34. The van der Waals surface area contributed by atoms with Gasteiger partial charge in [0.15, 0.2) is 11.6 Å². The lowest BCUT2D eigenvalue weighted by Crippen LogP contribution is -2.41. The SMILES string of the molecule is O=C(NCCOc1ccc(F)cc1F)NC[C@H]1CCC[C@@H]1O. The standard InChI is InChI=1S/C15H20F2N2O3/c16-11-4-5-14(12(17)8-11)22-7-6-18-15(21)19-9-10-2-1-3-13(10)20/h4-5,8,10,13,20H,1-3,6-7,9H2,(H2,18,19,21)/t10-,13+/m1/s1. The fourth-order valence-corrected chi connectivity index (χ4v) is 2.46. The molecule has 3 N–H and O–H groups in total. The van der Waals surface area contributed by atoms with Gasteiger partial charge in [0.1, 0.15) is 12.4 Å². The summed E-state index contributed by atoms with van der Waals surface area (Å²) < 4.78 is 31.1. The number of nitrogens with one attached hydrogen (secondary N) is 2. The van der Waals surface area contributed by atoms with Gasteiger partial charge in [-0.3, -0.25) is 0 Å².